The Balaban J connectivity index is 0.000000192. The SMILES string of the molecule is N#CC1(N)C=CC(c2ccccc2)=CC1[N+](=O)[O-].N#Cc1ccc(-c2ccc(N)c(N)c2)cc1. The Hall–Kier alpha value is -4.92. The van der Waals surface area contributed by atoms with Gasteiger partial charge in [0.25, 0.3) is 6.04 Å². The Kier molecular flexibility index (Phi) is 7.07. The molecule has 2 atom stereocenters. The molecule has 0 spiro atoms. The van der Waals surface area contributed by atoms with Gasteiger partial charge in [-0.05, 0) is 52.6 Å². The lowest BCUT2D eigenvalue weighted by molar-refractivity contribution is -0.514. The fourth-order valence-corrected chi connectivity index (χ4v) is 3.34. The monoisotopic (exact) mass is 450 g/mol. The summed E-state index contributed by atoms with van der Waals surface area (Å²) in [5, 5.41) is 28.7. The highest BCUT2D eigenvalue weighted by atomic mass is 16.6. The van der Waals surface area contributed by atoms with Crippen LogP contribution in [0.15, 0.2) is 91.0 Å². The van der Waals surface area contributed by atoms with Gasteiger partial charge in [0.2, 0.25) is 0 Å². The van der Waals surface area contributed by atoms with E-state index in [1.807, 2.05) is 54.6 Å². The Bertz CT molecular complexity index is 1330. The van der Waals surface area contributed by atoms with E-state index in [2.05, 4.69) is 6.07 Å². The minimum absolute atomic E-state index is 0.532. The van der Waals surface area contributed by atoms with Crippen molar-refractivity contribution in [2.75, 3.05) is 11.5 Å². The van der Waals surface area contributed by atoms with Gasteiger partial charge in [0.1, 0.15) is 0 Å². The summed E-state index contributed by atoms with van der Waals surface area (Å²) in [5.74, 6) is 0. The highest BCUT2D eigenvalue weighted by Gasteiger charge is 2.43. The zero-order valence-corrected chi connectivity index (χ0v) is 18.1. The summed E-state index contributed by atoms with van der Waals surface area (Å²) < 4.78 is 0. The molecular weight excluding hydrogens is 428 g/mol. The minimum Gasteiger partial charge on any atom is -0.397 e. The number of nitro groups is 1. The van der Waals surface area contributed by atoms with Crippen LogP contribution >= 0.6 is 0 Å². The third-order valence-corrected chi connectivity index (χ3v) is 5.33. The Morgan fingerprint density at radius 3 is 2.09 bits per heavy atom. The van der Waals surface area contributed by atoms with Crippen molar-refractivity contribution in [3.05, 3.63) is 112 Å². The van der Waals surface area contributed by atoms with Gasteiger partial charge >= 0.3 is 0 Å². The Morgan fingerprint density at radius 2 is 1.53 bits per heavy atom. The molecular formula is C26H22N6O2. The van der Waals surface area contributed by atoms with E-state index in [-0.39, 0.29) is 0 Å². The van der Waals surface area contributed by atoms with Crippen LogP contribution < -0.4 is 17.2 Å². The molecule has 0 bridgehead atoms. The molecule has 3 aromatic rings. The van der Waals surface area contributed by atoms with Crippen LogP contribution in [0.1, 0.15) is 11.1 Å². The van der Waals surface area contributed by atoms with E-state index in [4.69, 9.17) is 27.7 Å². The highest BCUT2D eigenvalue weighted by molar-refractivity contribution is 5.77. The predicted molar refractivity (Wildman–Crippen MR) is 132 cm³/mol. The normalized spacial score (nSPS) is 18.4. The summed E-state index contributed by atoms with van der Waals surface area (Å²) in [6, 6.07) is 24.8. The van der Waals surface area contributed by atoms with E-state index in [0.29, 0.717) is 22.5 Å². The first-order valence-electron chi connectivity index (χ1n) is 10.2. The molecule has 0 saturated heterocycles. The lowest BCUT2D eigenvalue weighted by Crippen LogP contribution is -2.52. The van der Waals surface area contributed by atoms with Crippen LogP contribution in [0, 0.1) is 32.8 Å². The zero-order valence-electron chi connectivity index (χ0n) is 18.1. The number of allylic oxidation sites excluding steroid dienone is 2. The molecule has 1 aliphatic rings. The molecule has 0 radical (unpaired) electrons. The standard InChI is InChI=1S/C13H11N3O2.C13H11N3/c14-9-13(15)7-6-11(8-12(13)16(17)18)10-4-2-1-3-5-10;14-8-9-1-3-10(4-2-9)11-5-6-12(15)13(16)7-11/h1-8,12H,15H2;1-7H,15-16H2. The van der Waals surface area contributed by atoms with E-state index in [1.165, 1.54) is 12.2 Å². The molecule has 3 aromatic carbocycles. The van der Waals surface area contributed by atoms with E-state index < -0.39 is 16.5 Å². The first kappa shape index (κ1) is 23.7. The summed E-state index contributed by atoms with van der Waals surface area (Å²) >= 11 is 0. The van der Waals surface area contributed by atoms with E-state index in [9.17, 15) is 10.1 Å². The van der Waals surface area contributed by atoms with Crippen molar-refractivity contribution in [1.29, 1.82) is 10.5 Å². The number of benzene rings is 3. The van der Waals surface area contributed by atoms with Gasteiger partial charge in [0, 0.05) is 11.0 Å². The molecule has 0 aromatic heterocycles. The second-order valence-electron chi connectivity index (χ2n) is 7.63. The number of hydrogen-bond donors (Lipinski definition) is 3. The zero-order chi connectivity index (χ0) is 24.7. The van der Waals surface area contributed by atoms with Crippen molar-refractivity contribution in [2.24, 2.45) is 5.73 Å². The smallest absolute Gasteiger partial charge is 0.266 e. The number of nitrogens with two attached hydrogens (primary N) is 3. The highest BCUT2D eigenvalue weighted by Crippen LogP contribution is 2.27. The molecule has 8 nitrogen and oxygen atoms in total. The number of hydrogen-bond acceptors (Lipinski definition) is 7. The van der Waals surface area contributed by atoms with Gasteiger partial charge in [-0.2, -0.15) is 10.5 Å². The molecule has 168 valence electrons. The van der Waals surface area contributed by atoms with Gasteiger partial charge < -0.3 is 17.2 Å². The van der Waals surface area contributed by atoms with Gasteiger partial charge in [-0.1, -0.05) is 54.6 Å². The van der Waals surface area contributed by atoms with Crippen LogP contribution in [-0.2, 0) is 0 Å². The molecule has 6 N–H and O–H groups in total. The molecule has 0 amide bonds. The average Bonchev–Trinajstić information content (AvgIpc) is 2.87. The summed E-state index contributed by atoms with van der Waals surface area (Å²) in [7, 11) is 0. The third-order valence-electron chi connectivity index (χ3n) is 5.33. The van der Waals surface area contributed by atoms with Gasteiger partial charge in [0.05, 0.1) is 29.1 Å². The van der Waals surface area contributed by atoms with Gasteiger partial charge in [-0.15, -0.1) is 0 Å². The number of nitrogens with zero attached hydrogens (tertiary/aromatic N) is 3. The average molecular weight is 451 g/mol. The fraction of sp³-hybridized carbons (Fsp3) is 0.0769. The number of rotatable bonds is 3. The molecule has 0 aliphatic heterocycles. The van der Waals surface area contributed by atoms with Gasteiger partial charge in [-0.3, -0.25) is 10.1 Å². The second kappa shape index (κ2) is 10.1. The topological polar surface area (TPSA) is 169 Å². The van der Waals surface area contributed by atoms with E-state index in [0.717, 1.165) is 16.7 Å². The van der Waals surface area contributed by atoms with Crippen LogP contribution in [0.3, 0.4) is 0 Å². The fourth-order valence-electron chi connectivity index (χ4n) is 3.34. The van der Waals surface area contributed by atoms with Crippen molar-refractivity contribution in [3.8, 4) is 23.3 Å². The molecule has 4 rings (SSSR count). The number of nitrogen functional groups attached to an aromatic ring is 2. The maximum absolute atomic E-state index is 11.0. The summed E-state index contributed by atoms with van der Waals surface area (Å²) in [6.07, 6.45) is 4.47. The lowest BCUT2D eigenvalue weighted by Gasteiger charge is -2.23. The van der Waals surface area contributed by atoms with Crippen LogP contribution in [0.2, 0.25) is 0 Å². The van der Waals surface area contributed by atoms with Crippen molar-refractivity contribution in [3.63, 3.8) is 0 Å². The van der Waals surface area contributed by atoms with Gasteiger partial charge in [0.15, 0.2) is 5.54 Å². The van der Waals surface area contributed by atoms with Crippen LogP contribution in [0.25, 0.3) is 16.7 Å². The van der Waals surface area contributed by atoms with Crippen molar-refractivity contribution >= 4 is 16.9 Å². The predicted octanol–water partition coefficient (Wildman–Crippen LogP) is 3.90. The molecule has 0 heterocycles. The Morgan fingerprint density at radius 1 is 0.882 bits per heavy atom. The van der Waals surface area contributed by atoms with Crippen molar-refractivity contribution < 1.29 is 4.92 Å². The second-order valence-corrected chi connectivity index (χ2v) is 7.63. The van der Waals surface area contributed by atoms with Crippen LogP contribution in [0.5, 0.6) is 0 Å². The molecule has 1 aliphatic carbocycles. The maximum Gasteiger partial charge on any atom is 0.266 e. The quantitative estimate of drug-likeness (QED) is 0.309. The summed E-state index contributed by atoms with van der Waals surface area (Å²) in [4.78, 5) is 10.5. The number of anilines is 2. The first-order chi connectivity index (χ1) is 16.3. The van der Waals surface area contributed by atoms with E-state index in [1.54, 1.807) is 30.3 Å². The van der Waals surface area contributed by atoms with E-state index >= 15 is 0 Å². The van der Waals surface area contributed by atoms with Gasteiger partial charge in [-0.25, -0.2) is 0 Å². The maximum atomic E-state index is 11.0. The lowest BCUT2D eigenvalue weighted by atomic mass is 9.84. The molecule has 2 unspecified atom stereocenters. The Labute approximate surface area is 197 Å². The molecule has 0 fully saturated rings. The largest absolute Gasteiger partial charge is 0.397 e. The third kappa shape index (κ3) is 5.28. The van der Waals surface area contributed by atoms with Crippen molar-refractivity contribution in [2.45, 2.75) is 11.6 Å². The molecule has 34 heavy (non-hydrogen) atoms. The minimum atomic E-state index is -1.58. The summed E-state index contributed by atoms with van der Waals surface area (Å²) in [5.41, 5.74) is 20.9. The van der Waals surface area contributed by atoms with Crippen LogP contribution in [0.4, 0.5) is 11.4 Å². The van der Waals surface area contributed by atoms with Crippen LogP contribution in [-0.4, -0.2) is 16.5 Å². The molecule has 8 heteroatoms. The first-order valence-corrected chi connectivity index (χ1v) is 10.2. The van der Waals surface area contributed by atoms with Crippen molar-refractivity contribution in [1.82, 2.24) is 0 Å². The molecule has 0 saturated carbocycles. The number of nitriles is 2. The summed E-state index contributed by atoms with van der Waals surface area (Å²) in [6.45, 7) is 0.